The summed E-state index contributed by atoms with van der Waals surface area (Å²) in [6, 6.07) is 20.3. The summed E-state index contributed by atoms with van der Waals surface area (Å²) in [5.41, 5.74) is 2.46. The molecule has 3 atom stereocenters. The van der Waals surface area contributed by atoms with E-state index in [1.807, 2.05) is 36.4 Å². The van der Waals surface area contributed by atoms with Crippen LogP contribution >= 0.6 is 7.14 Å². The maximum absolute atomic E-state index is 14.2. The second-order valence-electron chi connectivity index (χ2n) is 9.17. The predicted octanol–water partition coefficient (Wildman–Crippen LogP) is 6.00. The summed E-state index contributed by atoms with van der Waals surface area (Å²) >= 11 is 0. The average Bonchev–Trinajstić information content (AvgIpc) is 2.64. The lowest BCUT2D eigenvalue weighted by atomic mass is 9.45. The summed E-state index contributed by atoms with van der Waals surface area (Å²) in [5, 5.41) is 0. The molecule has 0 heterocycles. The second-order valence-corrected chi connectivity index (χ2v) is 12.3. The van der Waals surface area contributed by atoms with E-state index in [-0.39, 0.29) is 11.3 Å². The van der Waals surface area contributed by atoms with Crippen molar-refractivity contribution in [2.24, 2.45) is 23.2 Å². The number of ketones is 1. The maximum Gasteiger partial charge on any atom is 0.137 e. The molecule has 2 bridgehead atoms. The Morgan fingerprint density at radius 2 is 1.44 bits per heavy atom. The van der Waals surface area contributed by atoms with E-state index in [1.54, 1.807) is 0 Å². The van der Waals surface area contributed by atoms with E-state index in [9.17, 15) is 9.36 Å². The molecule has 0 aromatic heterocycles. The van der Waals surface area contributed by atoms with Crippen LogP contribution in [0.25, 0.3) is 0 Å². The standard InChI is InChI=1S/C24H29O2P/c1-24(2)20-13-22(24)21(23(25)14-20)17-27(26,15-18-9-5-3-6-10-18)16-19-11-7-4-8-12-19/h3-12,20-22H,13-17H2,1-2H3/t20-,21-,22+/m1/s1. The fraction of sp³-hybridized carbons (Fsp3) is 0.458. The fourth-order valence-electron chi connectivity index (χ4n) is 5.31. The van der Waals surface area contributed by atoms with E-state index in [2.05, 4.69) is 38.1 Å². The molecule has 0 radical (unpaired) electrons. The van der Waals surface area contributed by atoms with Crippen LogP contribution < -0.4 is 0 Å². The zero-order valence-electron chi connectivity index (χ0n) is 16.3. The fourth-order valence-corrected chi connectivity index (χ4v) is 8.61. The molecule has 2 aromatic rings. The molecule has 3 heteroatoms. The van der Waals surface area contributed by atoms with Crippen LogP contribution in [-0.2, 0) is 21.7 Å². The number of carbonyl (C=O) groups is 1. The number of hydrogen-bond donors (Lipinski definition) is 0. The van der Waals surface area contributed by atoms with Gasteiger partial charge in [-0.15, -0.1) is 0 Å². The highest BCUT2D eigenvalue weighted by Crippen LogP contribution is 2.64. The minimum absolute atomic E-state index is 0.0248. The molecule has 0 saturated heterocycles. The molecule has 3 saturated carbocycles. The third kappa shape index (κ3) is 3.69. The molecule has 3 aliphatic rings. The van der Waals surface area contributed by atoms with Gasteiger partial charge in [-0.2, -0.15) is 0 Å². The first-order chi connectivity index (χ1) is 12.9. The molecular weight excluding hydrogens is 351 g/mol. The molecule has 5 rings (SSSR count). The van der Waals surface area contributed by atoms with Crippen LogP contribution in [0.2, 0.25) is 0 Å². The van der Waals surface area contributed by atoms with Crippen LogP contribution in [0.1, 0.15) is 37.8 Å². The number of rotatable bonds is 6. The molecule has 0 aliphatic heterocycles. The first-order valence-electron chi connectivity index (χ1n) is 10.0. The van der Waals surface area contributed by atoms with Gasteiger partial charge < -0.3 is 4.57 Å². The van der Waals surface area contributed by atoms with Gasteiger partial charge in [0.2, 0.25) is 0 Å². The largest absolute Gasteiger partial charge is 0.323 e. The van der Waals surface area contributed by atoms with Gasteiger partial charge in [-0.1, -0.05) is 74.5 Å². The third-order valence-electron chi connectivity index (χ3n) is 7.05. The molecule has 142 valence electrons. The second kappa shape index (κ2) is 7.06. The summed E-state index contributed by atoms with van der Waals surface area (Å²) in [5.74, 6) is 1.28. The summed E-state index contributed by atoms with van der Waals surface area (Å²) < 4.78 is 14.2. The van der Waals surface area contributed by atoms with Crippen molar-refractivity contribution in [1.82, 2.24) is 0 Å². The van der Waals surface area contributed by atoms with Gasteiger partial charge in [0.1, 0.15) is 5.78 Å². The van der Waals surface area contributed by atoms with Crippen LogP contribution in [0.3, 0.4) is 0 Å². The Balaban J connectivity index is 1.61. The van der Waals surface area contributed by atoms with Crippen LogP contribution in [-0.4, -0.2) is 11.9 Å². The number of benzene rings is 2. The third-order valence-corrected chi connectivity index (χ3v) is 9.99. The Morgan fingerprint density at radius 1 is 0.926 bits per heavy atom. The van der Waals surface area contributed by atoms with Gasteiger partial charge >= 0.3 is 0 Å². The van der Waals surface area contributed by atoms with Crippen molar-refractivity contribution in [3.05, 3.63) is 71.8 Å². The summed E-state index contributed by atoms with van der Waals surface area (Å²) in [6.07, 6.45) is 3.56. The van der Waals surface area contributed by atoms with Crippen molar-refractivity contribution in [3.63, 3.8) is 0 Å². The van der Waals surface area contributed by atoms with Crippen molar-refractivity contribution in [2.75, 3.05) is 6.16 Å². The monoisotopic (exact) mass is 380 g/mol. The van der Waals surface area contributed by atoms with Crippen LogP contribution in [0, 0.1) is 23.2 Å². The van der Waals surface area contributed by atoms with Gasteiger partial charge in [-0.25, -0.2) is 0 Å². The molecular formula is C24H29O2P. The Kier molecular flexibility index (Phi) is 4.89. The predicted molar refractivity (Wildman–Crippen MR) is 111 cm³/mol. The molecule has 0 N–H and O–H groups in total. The van der Waals surface area contributed by atoms with Gasteiger partial charge in [0, 0.05) is 30.8 Å². The van der Waals surface area contributed by atoms with Gasteiger partial charge in [0.05, 0.1) is 7.14 Å². The van der Waals surface area contributed by atoms with Crippen LogP contribution in [0.4, 0.5) is 0 Å². The van der Waals surface area contributed by atoms with Crippen molar-refractivity contribution >= 4 is 12.9 Å². The van der Waals surface area contributed by atoms with Crippen molar-refractivity contribution < 1.29 is 9.36 Å². The number of Topliss-reactive ketones (excluding diaryl/α,β-unsaturated/α-hetero) is 1. The molecule has 0 unspecified atom stereocenters. The normalized spacial score (nSPS) is 26.4. The van der Waals surface area contributed by atoms with Gasteiger partial charge in [0.25, 0.3) is 0 Å². The summed E-state index contributed by atoms with van der Waals surface area (Å²) in [7, 11) is -2.56. The minimum Gasteiger partial charge on any atom is -0.323 e. The van der Waals surface area contributed by atoms with Crippen LogP contribution in [0.5, 0.6) is 0 Å². The van der Waals surface area contributed by atoms with Gasteiger partial charge in [-0.05, 0) is 34.8 Å². The van der Waals surface area contributed by atoms with Gasteiger partial charge in [0.15, 0.2) is 0 Å². The zero-order chi connectivity index (χ0) is 19.1. The smallest absolute Gasteiger partial charge is 0.137 e. The number of carbonyl (C=O) groups excluding carboxylic acids is 1. The molecule has 2 aromatic carbocycles. The van der Waals surface area contributed by atoms with E-state index >= 15 is 0 Å². The molecule has 2 nitrogen and oxygen atoms in total. The lowest BCUT2D eigenvalue weighted by Gasteiger charge is -2.59. The zero-order valence-corrected chi connectivity index (χ0v) is 17.2. The first-order valence-corrected chi connectivity index (χ1v) is 12.3. The Bertz CT molecular complexity index is 811. The van der Waals surface area contributed by atoms with Crippen molar-refractivity contribution in [3.8, 4) is 0 Å². The topological polar surface area (TPSA) is 34.1 Å². The summed E-state index contributed by atoms with van der Waals surface area (Å²) in [6.45, 7) is 4.59. The average molecular weight is 380 g/mol. The highest BCUT2D eigenvalue weighted by molar-refractivity contribution is 7.62. The first kappa shape index (κ1) is 18.7. The number of fused-ring (bicyclic) bond motifs is 2. The van der Waals surface area contributed by atoms with E-state index in [0.717, 1.165) is 17.5 Å². The molecule has 3 aliphatic carbocycles. The van der Waals surface area contributed by atoms with Crippen molar-refractivity contribution in [1.29, 1.82) is 0 Å². The Morgan fingerprint density at radius 3 is 1.93 bits per heavy atom. The van der Waals surface area contributed by atoms with E-state index < -0.39 is 7.14 Å². The number of hydrogen-bond acceptors (Lipinski definition) is 2. The maximum atomic E-state index is 14.2. The Hall–Kier alpha value is -1.66. The highest BCUT2D eigenvalue weighted by Gasteiger charge is 2.58. The van der Waals surface area contributed by atoms with E-state index in [4.69, 9.17) is 0 Å². The summed E-state index contributed by atoms with van der Waals surface area (Å²) in [4.78, 5) is 12.8. The van der Waals surface area contributed by atoms with E-state index in [0.29, 0.717) is 42.5 Å². The van der Waals surface area contributed by atoms with Crippen LogP contribution in [0.15, 0.2) is 60.7 Å². The Labute approximate surface area is 162 Å². The molecule has 3 fully saturated rings. The molecule has 0 spiro atoms. The molecule has 0 amide bonds. The SMILES string of the molecule is CC1(C)[C@H]2CC(=O)[C@H](CP(=O)(Cc3ccccc3)Cc3ccccc3)[C@@H]1C2. The molecule has 27 heavy (non-hydrogen) atoms. The lowest BCUT2D eigenvalue weighted by Crippen LogP contribution is -2.56. The highest BCUT2D eigenvalue weighted by atomic mass is 31.2. The van der Waals surface area contributed by atoms with Crippen molar-refractivity contribution in [2.45, 2.75) is 39.0 Å². The van der Waals surface area contributed by atoms with E-state index in [1.165, 1.54) is 0 Å². The quantitative estimate of drug-likeness (QED) is 0.576. The lowest BCUT2D eigenvalue weighted by molar-refractivity contribution is -0.152. The van der Waals surface area contributed by atoms with Gasteiger partial charge in [-0.3, -0.25) is 4.79 Å². The minimum atomic E-state index is -2.56.